The summed E-state index contributed by atoms with van der Waals surface area (Å²) in [5.41, 5.74) is -1.38. The summed E-state index contributed by atoms with van der Waals surface area (Å²) in [4.78, 5) is 11.6. The number of rotatable bonds is 7. The zero-order chi connectivity index (χ0) is 22.6. The van der Waals surface area contributed by atoms with Gasteiger partial charge >= 0.3 is 6.18 Å². The monoisotopic (exact) mass is 448 g/mol. The van der Waals surface area contributed by atoms with E-state index in [9.17, 15) is 26.4 Å². The van der Waals surface area contributed by atoms with Gasteiger partial charge in [0.25, 0.3) is 0 Å². The molecule has 0 unspecified atom stereocenters. The van der Waals surface area contributed by atoms with E-state index in [1.165, 1.54) is 6.07 Å². The molecule has 0 spiro atoms. The Morgan fingerprint density at radius 3 is 2.27 bits per heavy atom. The number of carbonyl (C=O) groups is 1. The molecule has 30 heavy (non-hydrogen) atoms. The van der Waals surface area contributed by atoms with Gasteiger partial charge in [0.2, 0.25) is 5.91 Å². The van der Waals surface area contributed by atoms with E-state index in [1.54, 1.807) is 0 Å². The van der Waals surface area contributed by atoms with Crippen molar-refractivity contribution in [2.75, 3.05) is 18.8 Å². The summed E-state index contributed by atoms with van der Waals surface area (Å²) in [6.45, 7) is 6.72. The van der Waals surface area contributed by atoms with Crippen molar-refractivity contribution < 1.29 is 26.4 Å². The van der Waals surface area contributed by atoms with Crippen LogP contribution < -0.4 is 10.6 Å². The minimum atomic E-state index is -4.57. The van der Waals surface area contributed by atoms with Crippen LogP contribution in [0.25, 0.3) is 0 Å². The number of alkyl halides is 3. The normalized spacial score (nSPS) is 20.7. The molecule has 1 aromatic carbocycles. The SMILES string of the molecule is CC(C)(C)C(=O)NCCNC1CCC(CS(=O)(=O)c2cccc(C(F)(F)F)c2)CC1. The molecule has 0 saturated heterocycles. The molecule has 5 nitrogen and oxygen atoms in total. The molecular formula is C21H31F3N2O3S. The van der Waals surface area contributed by atoms with E-state index in [1.807, 2.05) is 20.8 Å². The standard InChI is InChI=1S/C21H31F3N2O3S/c1-20(2,3)19(27)26-12-11-25-17-9-7-15(8-10-17)14-30(28,29)18-6-4-5-16(13-18)21(22,23)24/h4-6,13,15,17,25H,7-12,14H2,1-3H3,(H,26,27). The van der Waals surface area contributed by atoms with Crippen LogP contribution in [0, 0.1) is 11.3 Å². The largest absolute Gasteiger partial charge is 0.416 e. The minimum absolute atomic E-state index is 0.00666. The Morgan fingerprint density at radius 2 is 1.70 bits per heavy atom. The third kappa shape index (κ3) is 7.27. The average Bonchev–Trinajstić information content (AvgIpc) is 2.65. The highest BCUT2D eigenvalue weighted by Crippen LogP contribution is 2.32. The van der Waals surface area contributed by atoms with Crippen molar-refractivity contribution in [2.45, 2.75) is 63.6 Å². The first-order valence-corrected chi connectivity index (χ1v) is 11.9. The number of hydrogen-bond donors (Lipinski definition) is 2. The van der Waals surface area contributed by atoms with E-state index in [-0.39, 0.29) is 28.5 Å². The zero-order valence-electron chi connectivity index (χ0n) is 17.7. The molecule has 0 heterocycles. The molecule has 1 saturated carbocycles. The quantitative estimate of drug-likeness (QED) is 0.623. The zero-order valence-corrected chi connectivity index (χ0v) is 18.5. The Hall–Kier alpha value is -1.61. The second-order valence-electron chi connectivity index (χ2n) is 8.98. The number of halogens is 3. The lowest BCUT2D eigenvalue weighted by Gasteiger charge is -2.29. The average molecular weight is 449 g/mol. The van der Waals surface area contributed by atoms with E-state index in [4.69, 9.17) is 0 Å². The van der Waals surface area contributed by atoms with E-state index >= 15 is 0 Å². The van der Waals surface area contributed by atoms with E-state index in [0.717, 1.165) is 25.0 Å². The van der Waals surface area contributed by atoms with Crippen LogP contribution in [0.4, 0.5) is 13.2 Å². The smallest absolute Gasteiger partial charge is 0.354 e. The van der Waals surface area contributed by atoms with Crippen molar-refractivity contribution in [3.05, 3.63) is 29.8 Å². The van der Waals surface area contributed by atoms with Gasteiger partial charge in [0.1, 0.15) is 0 Å². The molecular weight excluding hydrogens is 417 g/mol. The Bertz CT molecular complexity index is 825. The molecule has 0 aromatic heterocycles. The number of hydrogen-bond acceptors (Lipinski definition) is 4. The van der Waals surface area contributed by atoms with Crippen LogP contribution in [-0.2, 0) is 20.8 Å². The second kappa shape index (κ2) is 9.68. The molecule has 0 atom stereocenters. The summed E-state index contributed by atoms with van der Waals surface area (Å²) < 4.78 is 63.8. The van der Waals surface area contributed by atoms with Crippen LogP contribution in [0.5, 0.6) is 0 Å². The third-order valence-corrected chi connectivity index (χ3v) is 7.23. The molecule has 2 N–H and O–H groups in total. The lowest BCUT2D eigenvalue weighted by molar-refractivity contribution is -0.137. The lowest BCUT2D eigenvalue weighted by Crippen LogP contribution is -2.42. The van der Waals surface area contributed by atoms with Crippen LogP contribution in [0.2, 0.25) is 0 Å². The first kappa shape index (κ1) is 24.7. The van der Waals surface area contributed by atoms with Crippen molar-refractivity contribution >= 4 is 15.7 Å². The third-order valence-electron chi connectivity index (χ3n) is 5.35. The minimum Gasteiger partial charge on any atom is -0.354 e. The Balaban J connectivity index is 1.80. The number of amides is 1. The van der Waals surface area contributed by atoms with Gasteiger partial charge < -0.3 is 10.6 Å². The molecule has 1 aliphatic carbocycles. The summed E-state index contributed by atoms with van der Waals surface area (Å²) in [6.07, 6.45) is -1.57. The molecule has 9 heteroatoms. The van der Waals surface area contributed by atoms with Crippen LogP contribution in [0.3, 0.4) is 0 Å². The van der Waals surface area contributed by atoms with Gasteiger partial charge in [-0.15, -0.1) is 0 Å². The van der Waals surface area contributed by atoms with Gasteiger partial charge in [0, 0.05) is 24.5 Å². The fraction of sp³-hybridized carbons (Fsp3) is 0.667. The Labute approximate surface area is 176 Å². The highest BCUT2D eigenvalue weighted by Gasteiger charge is 2.32. The number of carbonyl (C=O) groups excluding carboxylic acids is 1. The van der Waals surface area contributed by atoms with Crippen LogP contribution in [0.1, 0.15) is 52.0 Å². The molecule has 1 aliphatic rings. The number of nitrogens with one attached hydrogen (secondary N) is 2. The molecule has 0 radical (unpaired) electrons. The predicted octanol–water partition coefficient (Wildman–Crippen LogP) is 3.79. The second-order valence-corrected chi connectivity index (χ2v) is 11.0. The van der Waals surface area contributed by atoms with Crippen molar-refractivity contribution in [1.29, 1.82) is 0 Å². The molecule has 1 fully saturated rings. The summed E-state index contributed by atoms with van der Waals surface area (Å²) in [5.74, 6) is -0.209. The van der Waals surface area contributed by atoms with Crippen LogP contribution in [0.15, 0.2) is 29.2 Å². The fourth-order valence-corrected chi connectivity index (χ4v) is 5.26. The van der Waals surface area contributed by atoms with Crippen LogP contribution >= 0.6 is 0 Å². The first-order chi connectivity index (χ1) is 13.8. The maximum atomic E-state index is 12.9. The molecule has 0 bridgehead atoms. The first-order valence-electron chi connectivity index (χ1n) is 10.2. The highest BCUT2D eigenvalue weighted by atomic mass is 32.2. The Morgan fingerprint density at radius 1 is 1.07 bits per heavy atom. The van der Waals surface area contributed by atoms with Crippen molar-refractivity contribution in [3.63, 3.8) is 0 Å². The van der Waals surface area contributed by atoms with E-state index in [2.05, 4.69) is 10.6 Å². The van der Waals surface area contributed by atoms with Gasteiger partial charge in [0.05, 0.1) is 16.2 Å². The van der Waals surface area contributed by atoms with Gasteiger partial charge in [-0.05, 0) is 49.8 Å². The van der Waals surface area contributed by atoms with Crippen molar-refractivity contribution in [1.82, 2.24) is 10.6 Å². The number of benzene rings is 1. The van der Waals surface area contributed by atoms with Gasteiger partial charge in [-0.1, -0.05) is 26.8 Å². The van der Waals surface area contributed by atoms with Crippen molar-refractivity contribution in [3.8, 4) is 0 Å². The topological polar surface area (TPSA) is 75.3 Å². The molecule has 1 aromatic rings. The maximum Gasteiger partial charge on any atom is 0.416 e. The summed E-state index contributed by atoms with van der Waals surface area (Å²) in [6, 6.07) is 4.20. The molecule has 0 aliphatic heterocycles. The van der Waals surface area contributed by atoms with E-state index in [0.29, 0.717) is 32.0 Å². The van der Waals surface area contributed by atoms with Gasteiger partial charge in [-0.3, -0.25) is 4.79 Å². The predicted molar refractivity (Wildman–Crippen MR) is 110 cm³/mol. The fourth-order valence-electron chi connectivity index (χ4n) is 3.52. The maximum absolute atomic E-state index is 12.9. The molecule has 2 rings (SSSR count). The van der Waals surface area contributed by atoms with Gasteiger partial charge in [-0.2, -0.15) is 13.2 Å². The molecule has 1 amide bonds. The number of sulfone groups is 1. The van der Waals surface area contributed by atoms with Gasteiger partial charge in [-0.25, -0.2) is 8.42 Å². The van der Waals surface area contributed by atoms with E-state index < -0.39 is 27.0 Å². The Kier molecular flexibility index (Phi) is 7.96. The van der Waals surface area contributed by atoms with Gasteiger partial charge in [0.15, 0.2) is 9.84 Å². The molecule has 170 valence electrons. The summed E-state index contributed by atoms with van der Waals surface area (Å²) in [7, 11) is -3.77. The van der Waals surface area contributed by atoms with Crippen LogP contribution in [-0.4, -0.2) is 39.2 Å². The van der Waals surface area contributed by atoms with Crippen molar-refractivity contribution in [2.24, 2.45) is 11.3 Å². The lowest BCUT2D eigenvalue weighted by atomic mass is 9.87. The summed E-state index contributed by atoms with van der Waals surface area (Å²) >= 11 is 0. The summed E-state index contributed by atoms with van der Waals surface area (Å²) in [5, 5.41) is 6.25. The highest BCUT2D eigenvalue weighted by molar-refractivity contribution is 7.91.